The van der Waals surface area contributed by atoms with Gasteiger partial charge in [0.25, 0.3) is 7.82 Å². The molecule has 0 aromatic carbocycles. The lowest BCUT2D eigenvalue weighted by Crippen LogP contribution is -2.45. The molecule has 0 radical (unpaired) electrons. The van der Waals surface area contributed by atoms with Crippen molar-refractivity contribution in [1.82, 2.24) is 5.32 Å². The molecule has 0 saturated heterocycles. The van der Waals surface area contributed by atoms with Gasteiger partial charge in [0.05, 0.1) is 39.9 Å². The van der Waals surface area contributed by atoms with E-state index < -0.39 is 20.0 Å². The standard InChI is InChI=1S/C65H129N2O6P/c1-6-8-10-12-14-16-18-19-20-21-22-23-24-25-26-27-28-29-30-31-32-33-34-35-36-37-38-39-40-41-42-43-44-45-46-47-49-51-53-55-57-59-65(69)66-63(62-73-74(70,71)72-61-60-67(3,4)5)64(68)58-56-54-52-50-48-17-15-13-11-9-7-2/h48,50,56,58,63-64,68H,6-47,49,51-55,57,59-62H2,1-5H3,(H-,66,69,70,71)/b50-48+,58-56+. The van der Waals surface area contributed by atoms with Crippen molar-refractivity contribution in [2.24, 2.45) is 0 Å². The molecular formula is C65H129N2O6P. The van der Waals surface area contributed by atoms with E-state index in [1.165, 1.54) is 276 Å². The maximum absolute atomic E-state index is 12.9. The number of hydrogen-bond donors (Lipinski definition) is 2. The highest BCUT2D eigenvalue weighted by Crippen LogP contribution is 2.38. The van der Waals surface area contributed by atoms with Crippen molar-refractivity contribution in [3.8, 4) is 0 Å². The molecule has 0 aliphatic carbocycles. The summed E-state index contributed by atoms with van der Waals surface area (Å²) >= 11 is 0. The fraction of sp³-hybridized carbons (Fsp3) is 0.923. The molecule has 0 aliphatic heterocycles. The molecule has 0 heterocycles. The third-order valence-corrected chi connectivity index (χ3v) is 16.1. The second-order valence-corrected chi connectivity index (χ2v) is 25.2. The summed E-state index contributed by atoms with van der Waals surface area (Å²) in [7, 11) is 1.26. The number of quaternary nitrogens is 1. The van der Waals surface area contributed by atoms with E-state index in [-0.39, 0.29) is 19.1 Å². The highest BCUT2D eigenvalue weighted by Gasteiger charge is 2.23. The first-order valence-electron chi connectivity index (χ1n) is 32.7. The number of phosphoric ester groups is 1. The zero-order chi connectivity index (χ0) is 54.2. The number of unbranched alkanes of at least 4 members (excludes halogenated alkanes) is 46. The summed E-state index contributed by atoms with van der Waals surface area (Å²) in [4.78, 5) is 25.4. The number of phosphoric acid groups is 1. The first-order chi connectivity index (χ1) is 36.0. The second-order valence-electron chi connectivity index (χ2n) is 23.8. The number of hydrogen-bond acceptors (Lipinski definition) is 6. The third kappa shape index (κ3) is 58.7. The van der Waals surface area contributed by atoms with Gasteiger partial charge in [-0.3, -0.25) is 9.36 Å². The zero-order valence-corrected chi connectivity index (χ0v) is 51.2. The number of nitrogens with zero attached hydrogens (tertiary/aromatic N) is 1. The number of nitrogens with one attached hydrogen (secondary N) is 1. The maximum atomic E-state index is 12.9. The molecule has 0 aromatic rings. The van der Waals surface area contributed by atoms with Crippen LogP contribution >= 0.6 is 7.82 Å². The van der Waals surface area contributed by atoms with E-state index in [1.54, 1.807) is 6.08 Å². The van der Waals surface area contributed by atoms with Gasteiger partial charge in [-0.2, -0.15) is 0 Å². The number of carbonyl (C=O) groups excluding carboxylic acids is 1. The summed E-state index contributed by atoms with van der Waals surface area (Å²) in [6.45, 7) is 4.64. The Bertz CT molecular complexity index is 1260. The minimum atomic E-state index is -4.60. The van der Waals surface area contributed by atoms with Gasteiger partial charge in [0.1, 0.15) is 13.2 Å². The normalized spacial score (nSPS) is 13.9. The molecular weight excluding hydrogens is 936 g/mol. The Kier molecular flexibility index (Phi) is 55.9. The van der Waals surface area contributed by atoms with Crippen molar-refractivity contribution in [2.45, 2.75) is 347 Å². The molecule has 74 heavy (non-hydrogen) atoms. The van der Waals surface area contributed by atoms with Gasteiger partial charge in [-0.05, 0) is 32.1 Å². The second kappa shape index (κ2) is 56.7. The molecule has 0 aliphatic rings. The zero-order valence-electron chi connectivity index (χ0n) is 50.3. The molecule has 3 unspecified atom stereocenters. The smallest absolute Gasteiger partial charge is 0.268 e. The topological polar surface area (TPSA) is 108 Å². The van der Waals surface area contributed by atoms with Crippen LogP contribution in [0.5, 0.6) is 0 Å². The number of likely N-dealkylation sites (N-methyl/N-ethyl adjacent to an activating group) is 1. The van der Waals surface area contributed by atoms with Gasteiger partial charge in [0, 0.05) is 6.42 Å². The SMILES string of the molecule is CCCCCCC/C=C/CC/C=C/C(O)C(COP(=O)([O-])OCC[N+](C)(C)C)NC(=O)CCCCCCCCCCCCCCCCCCCCCCCCCCCCCCCCCCCCCCCCCCC. The van der Waals surface area contributed by atoms with E-state index in [9.17, 15) is 19.4 Å². The van der Waals surface area contributed by atoms with E-state index in [0.717, 1.165) is 38.5 Å². The van der Waals surface area contributed by atoms with Crippen LogP contribution in [0.2, 0.25) is 0 Å². The van der Waals surface area contributed by atoms with E-state index >= 15 is 0 Å². The third-order valence-electron chi connectivity index (χ3n) is 15.2. The van der Waals surface area contributed by atoms with Gasteiger partial charge in [-0.25, -0.2) is 0 Å². The lowest BCUT2D eigenvalue weighted by Gasteiger charge is -2.29. The molecule has 9 heteroatoms. The Hall–Kier alpha value is -1.02. The van der Waals surface area contributed by atoms with Crippen LogP contribution in [0.3, 0.4) is 0 Å². The van der Waals surface area contributed by atoms with Gasteiger partial charge in [-0.15, -0.1) is 0 Å². The van der Waals surface area contributed by atoms with E-state index in [2.05, 4.69) is 31.3 Å². The Labute approximate surface area is 462 Å². The number of aliphatic hydroxyl groups excluding tert-OH is 1. The van der Waals surface area contributed by atoms with E-state index in [1.807, 2.05) is 27.2 Å². The summed E-state index contributed by atoms with van der Waals surface area (Å²) < 4.78 is 23.3. The number of carbonyl (C=O) groups is 1. The lowest BCUT2D eigenvalue weighted by molar-refractivity contribution is -0.870. The first kappa shape index (κ1) is 73.0. The van der Waals surface area contributed by atoms with Gasteiger partial charge >= 0.3 is 0 Å². The Balaban J connectivity index is 3.76. The van der Waals surface area contributed by atoms with Gasteiger partial charge < -0.3 is 28.8 Å². The molecule has 0 fully saturated rings. The molecule has 0 aromatic heterocycles. The summed E-state index contributed by atoms with van der Waals surface area (Å²) in [5.74, 6) is -0.202. The summed E-state index contributed by atoms with van der Waals surface area (Å²) in [6.07, 6.45) is 73.4. The Morgan fingerprint density at radius 2 is 0.757 bits per heavy atom. The monoisotopic (exact) mass is 1060 g/mol. The lowest BCUT2D eigenvalue weighted by atomic mass is 10.0. The molecule has 2 N–H and O–H groups in total. The van der Waals surface area contributed by atoms with Crippen molar-refractivity contribution in [3.05, 3.63) is 24.3 Å². The minimum Gasteiger partial charge on any atom is -0.756 e. The number of rotatable bonds is 61. The molecule has 1 amide bonds. The van der Waals surface area contributed by atoms with Crippen LogP contribution < -0.4 is 10.2 Å². The fourth-order valence-corrected chi connectivity index (χ4v) is 10.8. The van der Waals surface area contributed by atoms with Crippen molar-refractivity contribution in [3.63, 3.8) is 0 Å². The largest absolute Gasteiger partial charge is 0.756 e. The van der Waals surface area contributed by atoms with Crippen LogP contribution in [0.15, 0.2) is 24.3 Å². The van der Waals surface area contributed by atoms with Crippen LogP contribution in [0.25, 0.3) is 0 Å². The summed E-state index contributed by atoms with van der Waals surface area (Å²) in [5, 5.41) is 13.8. The average molecular weight is 1070 g/mol. The van der Waals surface area contributed by atoms with Gasteiger partial charge in [0.15, 0.2) is 0 Å². The maximum Gasteiger partial charge on any atom is 0.268 e. The van der Waals surface area contributed by atoms with Crippen molar-refractivity contribution >= 4 is 13.7 Å². The molecule has 8 nitrogen and oxygen atoms in total. The molecule has 0 rings (SSSR count). The molecule has 0 spiro atoms. The quantitative estimate of drug-likeness (QED) is 0.0272. The molecule has 0 saturated carbocycles. The first-order valence-corrected chi connectivity index (χ1v) is 34.2. The number of amides is 1. The van der Waals surface area contributed by atoms with Gasteiger partial charge in [0.2, 0.25) is 5.91 Å². The molecule has 440 valence electrons. The van der Waals surface area contributed by atoms with E-state index in [4.69, 9.17) is 9.05 Å². The highest BCUT2D eigenvalue weighted by molar-refractivity contribution is 7.45. The minimum absolute atomic E-state index is 0.00414. The van der Waals surface area contributed by atoms with Crippen LogP contribution in [0.4, 0.5) is 0 Å². The number of allylic oxidation sites excluding steroid dienone is 3. The molecule has 0 bridgehead atoms. The fourth-order valence-electron chi connectivity index (χ4n) is 10.1. The van der Waals surface area contributed by atoms with E-state index in [0.29, 0.717) is 17.4 Å². The Morgan fingerprint density at radius 1 is 0.459 bits per heavy atom. The highest BCUT2D eigenvalue weighted by atomic mass is 31.2. The average Bonchev–Trinajstić information content (AvgIpc) is 3.36. The van der Waals surface area contributed by atoms with Crippen LogP contribution in [-0.2, 0) is 18.4 Å². The summed E-state index contributed by atoms with van der Waals surface area (Å²) in [6, 6.07) is -0.899. The predicted molar refractivity (Wildman–Crippen MR) is 321 cm³/mol. The van der Waals surface area contributed by atoms with Crippen LogP contribution in [0.1, 0.15) is 335 Å². The van der Waals surface area contributed by atoms with Gasteiger partial charge in [-0.1, -0.05) is 321 Å². The van der Waals surface area contributed by atoms with Crippen LogP contribution in [0, 0.1) is 0 Å². The Morgan fingerprint density at radius 3 is 1.09 bits per heavy atom. The van der Waals surface area contributed by atoms with Crippen molar-refractivity contribution < 1.29 is 32.9 Å². The number of aliphatic hydroxyl groups is 1. The molecule has 3 atom stereocenters. The predicted octanol–water partition coefficient (Wildman–Crippen LogP) is 19.7. The van der Waals surface area contributed by atoms with Crippen molar-refractivity contribution in [1.29, 1.82) is 0 Å². The summed E-state index contributed by atoms with van der Waals surface area (Å²) in [5.41, 5.74) is 0. The van der Waals surface area contributed by atoms with Crippen molar-refractivity contribution in [2.75, 3.05) is 40.9 Å². The van der Waals surface area contributed by atoms with Crippen LogP contribution in [-0.4, -0.2) is 68.5 Å².